The molecule has 0 saturated heterocycles. The standard InChI is InChI=1S/C17H16N4OS/c23-15-6-2-1-5-14(15)11-20-16-7-9-19-17(21-16)22-12-13-4-3-8-18-10-13/h1-10,23H,11-12H2,(H,19,20,21). The number of ether oxygens (including phenoxy) is 1. The zero-order chi connectivity index (χ0) is 15.9. The van der Waals surface area contributed by atoms with E-state index in [1.54, 1.807) is 24.7 Å². The Morgan fingerprint density at radius 3 is 2.78 bits per heavy atom. The van der Waals surface area contributed by atoms with E-state index < -0.39 is 0 Å². The second-order valence-electron chi connectivity index (χ2n) is 4.86. The van der Waals surface area contributed by atoms with Crippen LogP contribution in [0, 0.1) is 0 Å². The van der Waals surface area contributed by atoms with E-state index in [-0.39, 0.29) is 0 Å². The molecule has 0 amide bonds. The lowest BCUT2D eigenvalue weighted by Gasteiger charge is -2.09. The van der Waals surface area contributed by atoms with Crippen molar-refractivity contribution in [3.05, 3.63) is 72.2 Å². The fourth-order valence-electron chi connectivity index (χ4n) is 1.99. The highest BCUT2D eigenvalue weighted by atomic mass is 32.1. The molecule has 3 rings (SSSR count). The number of hydrogen-bond acceptors (Lipinski definition) is 6. The maximum absolute atomic E-state index is 5.59. The van der Waals surface area contributed by atoms with E-state index in [4.69, 9.17) is 4.74 Å². The fourth-order valence-corrected chi connectivity index (χ4v) is 2.23. The molecule has 0 fully saturated rings. The molecule has 2 aromatic heterocycles. The number of aromatic nitrogens is 3. The average molecular weight is 324 g/mol. The van der Waals surface area contributed by atoms with Crippen molar-refractivity contribution in [3.63, 3.8) is 0 Å². The molecule has 0 aliphatic carbocycles. The molecular formula is C17H16N4OS. The molecule has 1 N–H and O–H groups in total. The van der Waals surface area contributed by atoms with Gasteiger partial charge in [0.15, 0.2) is 0 Å². The van der Waals surface area contributed by atoms with E-state index in [1.807, 2.05) is 36.4 Å². The molecule has 1 aromatic carbocycles. The largest absolute Gasteiger partial charge is 0.458 e. The summed E-state index contributed by atoms with van der Waals surface area (Å²) >= 11 is 4.44. The van der Waals surface area contributed by atoms with Gasteiger partial charge in [-0.3, -0.25) is 4.98 Å². The van der Waals surface area contributed by atoms with Crippen LogP contribution in [0.15, 0.2) is 66.0 Å². The molecule has 0 spiro atoms. The Hall–Kier alpha value is -2.60. The number of nitrogens with zero attached hydrogens (tertiary/aromatic N) is 3. The molecule has 0 bridgehead atoms. The molecule has 0 aliphatic rings. The highest BCUT2D eigenvalue weighted by Gasteiger charge is 2.03. The van der Waals surface area contributed by atoms with Gasteiger partial charge < -0.3 is 10.1 Å². The summed E-state index contributed by atoms with van der Waals surface area (Å²) in [6.07, 6.45) is 5.15. The van der Waals surface area contributed by atoms with Crippen LogP contribution >= 0.6 is 12.6 Å². The number of hydrogen-bond donors (Lipinski definition) is 2. The SMILES string of the molecule is Sc1ccccc1CNc1ccnc(OCc2cccnc2)n1. The van der Waals surface area contributed by atoms with Crippen LogP contribution in [-0.4, -0.2) is 15.0 Å². The van der Waals surface area contributed by atoms with E-state index >= 15 is 0 Å². The van der Waals surface area contributed by atoms with Gasteiger partial charge in [-0.2, -0.15) is 4.98 Å². The lowest BCUT2D eigenvalue weighted by atomic mass is 10.2. The predicted octanol–water partition coefficient (Wildman–Crippen LogP) is 3.35. The lowest BCUT2D eigenvalue weighted by molar-refractivity contribution is 0.280. The van der Waals surface area contributed by atoms with Crippen LogP contribution in [-0.2, 0) is 13.2 Å². The van der Waals surface area contributed by atoms with Gasteiger partial charge >= 0.3 is 6.01 Å². The van der Waals surface area contributed by atoms with Crippen molar-refractivity contribution in [1.82, 2.24) is 15.0 Å². The summed E-state index contributed by atoms with van der Waals surface area (Å²) in [6, 6.07) is 13.9. The molecule has 0 radical (unpaired) electrons. The first kappa shape index (κ1) is 15.3. The van der Waals surface area contributed by atoms with E-state index in [0.29, 0.717) is 25.0 Å². The van der Waals surface area contributed by atoms with Crippen molar-refractivity contribution < 1.29 is 4.74 Å². The Morgan fingerprint density at radius 2 is 1.96 bits per heavy atom. The normalized spacial score (nSPS) is 10.3. The third kappa shape index (κ3) is 4.43. The predicted molar refractivity (Wildman–Crippen MR) is 91.6 cm³/mol. The maximum Gasteiger partial charge on any atom is 0.318 e. The summed E-state index contributed by atoms with van der Waals surface area (Å²) in [5.74, 6) is 0.706. The van der Waals surface area contributed by atoms with Crippen LogP contribution < -0.4 is 10.1 Å². The molecular weight excluding hydrogens is 308 g/mol. The minimum Gasteiger partial charge on any atom is -0.458 e. The molecule has 116 valence electrons. The number of rotatable bonds is 6. The zero-order valence-corrected chi connectivity index (χ0v) is 13.3. The zero-order valence-electron chi connectivity index (χ0n) is 12.4. The van der Waals surface area contributed by atoms with Crippen molar-refractivity contribution in [1.29, 1.82) is 0 Å². The van der Waals surface area contributed by atoms with Gasteiger partial charge in [-0.1, -0.05) is 24.3 Å². The van der Waals surface area contributed by atoms with Gasteiger partial charge in [-0.05, 0) is 23.8 Å². The lowest BCUT2D eigenvalue weighted by Crippen LogP contribution is -2.05. The summed E-state index contributed by atoms with van der Waals surface area (Å²) in [5.41, 5.74) is 2.07. The number of nitrogens with one attached hydrogen (secondary N) is 1. The van der Waals surface area contributed by atoms with Gasteiger partial charge in [-0.25, -0.2) is 4.98 Å². The Labute approximate surface area is 140 Å². The minimum atomic E-state index is 0.331. The van der Waals surface area contributed by atoms with Crippen LogP contribution in [0.5, 0.6) is 6.01 Å². The molecule has 5 nitrogen and oxygen atoms in total. The minimum absolute atomic E-state index is 0.331. The number of thiol groups is 1. The van der Waals surface area contributed by atoms with Crippen molar-refractivity contribution in [2.24, 2.45) is 0 Å². The van der Waals surface area contributed by atoms with Gasteiger partial charge in [0.2, 0.25) is 0 Å². The van der Waals surface area contributed by atoms with Crippen LogP contribution in [0.1, 0.15) is 11.1 Å². The quantitative estimate of drug-likeness (QED) is 0.681. The highest BCUT2D eigenvalue weighted by Crippen LogP contribution is 2.15. The molecule has 3 aromatic rings. The Morgan fingerprint density at radius 1 is 1.04 bits per heavy atom. The van der Waals surface area contributed by atoms with E-state index in [9.17, 15) is 0 Å². The van der Waals surface area contributed by atoms with E-state index in [2.05, 4.69) is 32.9 Å². The van der Waals surface area contributed by atoms with E-state index in [0.717, 1.165) is 16.0 Å². The maximum atomic E-state index is 5.59. The summed E-state index contributed by atoms with van der Waals surface area (Å²) < 4.78 is 5.59. The van der Waals surface area contributed by atoms with Crippen LogP contribution in [0.25, 0.3) is 0 Å². The van der Waals surface area contributed by atoms with E-state index in [1.165, 1.54) is 0 Å². The molecule has 0 saturated carbocycles. The van der Waals surface area contributed by atoms with Crippen molar-refractivity contribution in [3.8, 4) is 6.01 Å². The average Bonchev–Trinajstić information content (AvgIpc) is 2.61. The van der Waals surface area contributed by atoms with Gasteiger partial charge in [0.25, 0.3) is 0 Å². The van der Waals surface area contributed by atoms with Gasteiger partial charge in [0.1, 0.15) is 12.4 Å². The van der Waals surface area contributed by atoms with Crippen LogP contribution in [0.3, 0.4) is 0 Å². The Bertz CT molecular complexity index is 767. The molecule has 6 heteroatoms. The van der Waals surface area contributed by atoms with Crippen molar-refractivity contribution in [2.75, 3.05) is 5.32 Å². The first-order chi connectivity index (χ1) is 11.3. The first-order valence-electron chi connectivity index (χ1n) is 7.17. The second-order valence-corrected chi connectivity index (χ2v) is 5.34. The first-order valence-corrected chi connectivity index (χ1v) is 7.61. The number of pyridine rings is 1. The van der Waals surface area contributed by atoms with Gasteiger partial charge in [-0.15, -0.1) is 12.6 Å². The highest BCUT2D eigenvalue weighted by molar-refractivity contribution is 7.80. The van der Waals surface area contributed by atoms with Crippen LogP contribution in [0.2, 0.25) is 0 Å². The number of anilines is 1. The second kappa shape index (κ2) is 7.60. The summed E-state index contributed by atoms with van der Waals surface area (Å²) in [4.78, 5) is 13.5. The third-order valence-corrected chi connectivity index (χ3v) is 3.61. The molecule has 0 atom stereocenters. The smallest absolute Gasteiger partial charge is 0.318 e. The van der Waals surface area contributed by atoms with Crippen molar-refractivity contribution >= 4 is 18.4 Å². The monoisotopic (exact) mass is 324 g/mol. The fraction of sp³-hybridized carbons (Fsp3) is 0.118. The molecule has 0 unspecified atom stereocenters. The Balaban J connectivity index is 1.60. The summed E-state index contributed by atoms with van der Waals surface area (Å²) in [6.45, 7) is 1.02. The Kier molecular flexibility index (Phi) is 5.06. The van der Waals surface area contributed by atoms with Crippen LogP contribution in [0.4, 0.5) is 5.82 Å². The van der Waals surface area contributed by atoms with Gasteiger partial charge in [0, 0.05) is 35.6 Å². The molecule has 23 heavy (non-hydrogen) atoms. The topological polar surface area (TPSA) is 59.9 Å². The van der Waals surface area contributed by atoms with Gasteiger partial charge in [0.05, 0.1) is 0 Å². The van der Waals surface area contributed by atoms with Crippen molar-refractivity contribution in [2.45, 2.75) is 18.0 Å². The third-order valence-electron chi connectivity index (χ3n) is 3.18. The summed E-state index contributed by atoms with van der Waals surface area (Å²) in [5, 5.41) is 3.25. The number of benzene rings is 1. The molecule has 2 heterocycles. The molecule has 0 aliphatic heterocycles. The summed E-state index contributed by atoms with van der Waals surface area (Å²) in [7, 11) is 0.